The summed E-state index contributed by atoms with van der Waals surface area (Å²) in [5, 5.41) is 0. The number of hydrogen-bond acceptors (Lipinski definition) is 6. The molecule has 4 N–H and O–H groups in total. The zero-order chi connectivity index (χ0) is 15.2. The number of sulfonamides is 2. The SMILES string of the molecule is CCNS(=O)(=O)CCNS(=O)(=O)c1ccc(CN)nc1. The largest absolute Gasteiger partial charge is 0.325 e. The molecule has 1 aromatic heterocycles. The molecule has 1 heterocycles. The van der Waals surface area contributed by atoms with Crippen LogP contribution in [-0.2, 0) is 26.6 Å². The first-order valence-corrected chi connectivity index (χ1v) is 9.06. The van der Waals surface area contributed by atoms with Crippen LogP contribution in [0.1, 0.15) is 12.6 Å². The average Bonchev–Trinajstić information content (AvgIpc) is 2.38. The molecular formula is C10H18N4O4S2. The number of nitrogens with two attached hydrogens (primary N) is 1. The van der Waals surface area contributed by atoms with Crippen molar-refractivity contribution in [2.24, 2.45) is 5.73 Å². The molecule has 0 unspecified atom stereocenters. The summed E-state index contributed by atoms with van der Waals surface area (Å²) < 4.78 is 51.0. The van der Waals surface area contributed by atoms with E-state index in [1.807, 2.05) is 0 Å². The normalized spacial score (nSPS) is 12.5. The summed E-state index contributed by atoms with van der Waals surface area (Å²) in [7, 11) is -7.22. The predicted octanol–water partition coefficient (Wildman–Crippen LogP) is -1.24. The highest BCUT2D eigenvalue weighted by Gasteiger charge is 2.16. The van der Waals surface area contributed by atoms with Crippen LogP contribution in [0.15, 0.2) is 23.2 Å². The van der Waals surface area contributed by atoms with E-state index in [9.17, 15) is 16.8 Å². The van der Waals surface area contributed by atoms with Gasteiger partial charge in [0, 0.05) is 25.8 Å². The minimum Gasteiger partial charge on any atom is -0.325 e. The Morgan fingerprint density at radius 1 is 1.20 bits per heavy atom. The second kappa shape index (κ2) is 7.09. The van der Waals surface area contributed by atoms with Gasteiger partial charge in [-0.3, -0.25) is 4.98 Å². The summed E-state index contributed by atoms with van der Waals surface area (Å²) in [5.41, 5.74) is 5.93. The molecule has 1 aromatic rings. The molecule has 0 aliphatic rings. The first-order chi connectivity index (χ1) is 9.30. The van der Waals surface area contributed by atoms with E-state index in [0.717, 1.165) is 0 Å². The Balaban J connectivity index is 2.66. The number of rotatable bonds is 8. The smallest absolute Gasteiger partial charge is 0.242 e. The molecule has 0 spiro atoms. The van der Waals surface area contributed by atoms with Gasteiger partial charge in [0.1, 0.15) is 4.90 Å². The number of aromatic nitrogens is 1. The van der Waals surface area contributed by atoms with E-state index < -0.39 is 20.0 Å². The highest BCUT2D eigenvalue weighted by atomic mass is 32.2. The lowest BCUT2D eigenvalue weighted by molar-refractivity contribution is 0.576. The van der Waals surface area contributed by atoms with Crippen LogP contribution in [0, 0.1) is 0 Å². The molecule has 0 aliphatic carbocycles. The van der Waals surface area contributed by atoms with Crippen LogP contribution in [0.5, 0.6) is 0 Å². The lowest BCUT2D eigenvalue weighted by Gasteiger charge is -2.07. The van der Waals surface area contributed by atoms with Crippen molar-refractivity contribution < 1.29 is 16.8 Å². The summed E-state index contributed by atoms with van der Waals surface area (Å²) >= 11 is 0. The Hall–Kier alpha value is -1.07. The van der Waals surface area contributed by atoms with E-state index in [0.29, 0.717) is 5.69 Å². The van der Waals surface area contributed by atoms with Crippen LogP contribution < -0.4 is 15.2 Å². The molecule has 1 rings (SSSR count). The molecule has 0 bridgehead atoms. The molecule has 0 saturated heterocycles. The molecule has 8 nitrogen and oxygen atoms in total. The van der Waals surface area contributed by atoms with Crippen LogP contribution >= 0.6 is 0 Å². The van der Waals surface area contributed by atoms with E-state index in [2.05, 4.69) is 14.4 Å². The Morgan fingerprint density at radius 3 is 2.40 bits per heavy atom. The Labute approximate surface area is 118 Å². The third kappa shape index (κ3) is 5.13. The van der Waals surface area contributed by atoms with Crippen LogP contribution in [0.3, 0.4) is 0 Å². The summed E-state index contributed by atoms with van der Waals surface area (Å²) in [6, 6.07) is 2.88. The van der Waals surface area contributed by atoms with E-state index in [1.54, 1.807) is 6.92 Å². The molecule has 0 radical (unpaired) electrons. The Kier molecular flexibility index (Phi) is 6.02. The molecule has 0 saturated carbocycles. The quantitative estimate of drug-likeness (QED) is 0.548. The molecule has 20 heavy (non-hydrogen) atoms. The van der Waals surface area contributed by atoms with Crippen LogP contribution in [0.2, 0.25) is 0 Å². The van der Waals surface area contributed by atoms with Gasteiger partial charge in [0.15, 0.2) is 0 Å². The first kappa shape index (κ1) is 17.0. The lowest BCUT2D eigenvalue weighted by atomic mass is 10.4. The molecule has 0 atom stereocenters. The molecular weight excluding hydrogens is 304 g/mol. The van der Waals surface area contributed by atoms with Gasteiger partial charge >= 0.3 is 0 Å². The summed E-state index contributed by atoms with van der Waals surface area (Å²) in [6.07, 6.45) is 1.18. The monoisotopic (exact) mass is 322 g/mol. The second-order valence-electron chi connectivity index (χ2n) is 3.90. The summed E-state index contributed by atoms with van der Waals surface area (Å²) in [6.45, 7) is 1.91. The van der Waals surface area contributed by atoms with E-state index in [4.69, 9.17) is 5.73 Å². The van der Waals surface area contributed by atoms with Crippen molar-refractivity contribution >= 4 is 20.0 Å². The number of pyridine rings is 1. The third-order valence-electron chi connectivity index (χ3n) is 2.34. The standard InChI is InChI=1S/C10H18N4O4S2/c1-2-13-19(15,16)6-5-14-20(17,18)10-4-3-9(7-11)12-8-10/h3-4,8,13-14H,2,5-7,11H2,1H3. The minimum atomic E-state index is -3.77. The number of hydrogen-bond donors (Lipinski definition) is 3. The van der Waals surface area contributed by atoms with Gasteiger partial charge in [-0.15, -0.1) is 0 Å². The highest BCUT2D eigenvalue weighted by molar-refractivity contribution is 7.90. The lowest BCUT2D eigenvalue weighted by Crippen LogP contribution is -2.34. The van der Waals surface area contributed by atoms with Crippen molar-refractivity contribution in [3.8, 4) is 0 Å². The minimum absolute atomic E-state index is 0.0319. The van der Waals surface area contributed by atoms with Crippen molar-refractivity contribution in [3.05, 3.63) is 24.0 Å². The Bertz CT molecular complexity index is 626. The van der Waals surface area contributed by atoms with E-state index in [1.165, 1.54) is 18.3 Å². The third-order valence-corrected chi connectivity index (χ3v) is 5.26. The van der Waals surface area contributed by atoms with Gasteiger partial charge in [-0.05, 0) is 12.1 Å². The fourth-order valence-corrected chi connectivity index (χ4v) is 3.44. The van der Waals surface area contributed by atoms with Gasteiger partial charge in [0.2, 0.25) is 20.0 Å². The van der Waals surface area contributed by atoms with E-state index >= 15 is 0 Å². The maximum Gasteiger partial charge on any atom is 0.242 e. The van der Waals surface area contributed by atoms with Gasteiger partial charge in [-0.2, -0.15) is 0 Å². The van der Waals surface area contributed by atoms with Gasteiger partial charge in [0.25, 0.3) is 0 Å². The summed E-state index contributed by atoms with van der Waals surface area (Å²) in [5.74, 6) is -0.325. The molecule has 0 aliphatic heterocycles. The molecule has 10 heteroatoms. The van der Waals surface area contributed by atoms with Crippen molar-refractivity contribution in [2.45, 2.75) is 18.4 Å². The molecule has 114 valence electrons. The highest BCUT2D eigenvalue weighted by Crippen LogP contribution is 2.07. The van der Waals surface area contributed by atoms with Crippen molar-refractivity contribution in [3.63, 3.8) is 0 Å². The van der Waals surface area contributed by atoms with E-state index in [-0.39, 0.29) is 30.3 Å². The first-order valence-electron chi connectivity index (χ1n) is 5.92. The number of nitrogens with zero attached hydrogens (tertiary/aromatic N) is 1. The van der Waals surface area contributed by atoms with Crippen molar-refractivity contribution in [2.75, 3.05) is 18.8 Å². The zero-order valence-electron chi connectivity index (χ0n) is 11.0. The van der Waals surface area contributed by atoms with Gasteiger partial charge in [0.05, 0.1) is 11.4 Å². The van der Waals surface area contributed by atoms with Gasteiger partial charge in [-0.25, -0.2) is 26.3 Å². The Morgan fingerprint density at radius 2 is 1.90 bits per heavy atom. The second-order valence-corrected chi connectivity index (χ2v) is 7.60. The van der Waals surface area contributed by atoms with Crippen LogP contribution in [-0.4, -0.2) is 40.7 Å². The number of nitrogens with one attached hydrogen (secondary N) is 2. The van der Waals surface area contributed by atoms with Crippen molar-refractivity contribution in [1.82, 2.24) is 14.4 Å². The molecule has 0 amide bonds. The maximum atomic E-state index is 11.9. The van der Waals surface area contributed by atoms with Gasteiger partial charge in [-0.1, -0.05) is 6.92 Å². The topological polar surface area (TPSA) is 131 Å². The van der Waals surface area contributed by atoms with Gasteiger partial charge < -0.3 is 5.73 Å². The molecule has 0 aromatic carbocycles. The summed E-state index contributed by atoms with van der Waals surface area (Å²) in [4.78, 5) is 3.84. The fourth-order valence-electron chi connectivity index (χ4n) is 1.38. The van der Waals surface area contributed by atoms with Crippen LogP contribution in [0.4, 0.5) is 0 Å². The predicted molar refractivity (Wildman–Crippen MR) is 74.8 cm³/mol. The molecule has 0 fully saturated rings. The van der Waals surface area contributed by atoms with Crippen LogP contribution in [0.25, 0.3) is 0 Å². The average molecular weight is 322 g/mol. The maximum absolute atomic E-state index is 11.9. The fraction of sp³-hybridized carbons (Fsp3) is 0.500. The van der Waals surface area contributed by atoms with Crippen molar-refractivity contribution in [1.29, 1.82) is 0 Å². The zero-order valence-corrected chi connectivity index (χ0v) is 12.7.